The van der Waals surface area contributed by atoms with Crippen LogP contribution in [0.25, 0.3) is 33.7 Å². The van der Waals surface area contributed by atoms with Crippen LogP contribution in [0.1, 0.15) is 5.56 Å². The molecule has 0 bridgehead atoms. The molecular formula is C24H24N4O2. The van der Waals surface area contributed by atoms with Crippen LogP contribution in [-0.2, 0) is 11.3 Å². The van der Waals surface area contributed by atoms with E-state index in [-0.39, 0.29) is 0 Å². The molecule has 2 aromatic heterocycles. The van der Waals surface area contributed by atoms with E-state index in [4.69, 9.17) is 14.5 Å². The summed E-state index contributed by atoms with van der Waals surface area (Å²) in [6.45, 7) is 4.49. The second-order valence-electron chi connectivity index (χ2n) is 7.46. The molecule has 1 aliphatic heterocycles. The van der Waals surface area contributed by atoms with E-state index in [9.17, 15) is 0 Å². The number of fused-ring (bicyclic) bond motifs is 1. The number of rotatable bonds is 5. The Morgan fingerprint density at radius 1 is 1.03 bits per heavy atom. The predicted octanol–water partition coefficient (Wildman–Crippen LogP) is 4.13. The highest BCUT2D eigenvalue weighted by Crippen LogP contribution is 2.30. The lowest BCUT2D eigenvalue weighted by molar-refractivity contribution is 0.0342. The van der Waals surface area contributed by atoms with Crippen LogP contribution in [0.5, 0.6) is 5.75 Å². The maximum atomic E-state index is 5.45. The molecule has 6 nitrogen and oxygen atoms in total. The van der Waals surface area contributed by atoms with Gasteiger partial charge in [-0.2, -0.15) is 0 Å². The topological polar surface area (TPSA) is 63.3 Å². The summed E-state index contributed by atoms with van der Waals surface area (Å²) in [5.74, 6) is 1.67. The van der Waals surface area contributed by atoms with Crippen LogP contribution >= 0.6 is 0 Å². The van der Waals surface area contributed by atoms with Gasteiger partial charge in [-0.15, -0.1) is 0 Å². The summed E-state index contributed by atoms with van der Waals surface area (Å²) in [6, 6.07) is 18.6. The van der Waals surface area contributed by atoms with Crippen molar-refractivity contribution in [3.05, 3.63) is 66.4 Å². The molecule has 5 rings (SSSR count). The van der Waals surface area contributed by atoms with Crippen molar-refractivity contribution >= 4 is 11.2 Å². The van der Waals surface area contributed by atoms with Crippen LogP contribution in [0.3, 0.4) is 0 Å². The first-order valence-electron chi connectivity index (χ1n) is 10.2. The summed E-state index contributed by atoms with van der Waals surface area (Å²) < 4.78 is 10.7. The van der Waals surface area contributed by atoms with Crippen LogP contribution in [0.2, 0.25) is 0 Å². The number of morpholine rings is 1. The lowest BCUT2D eigenvalue weighted by Crippen LogP contribution is -2.35. The van der Waals surface area contributed by atoms with Crippen molar-refractivity contribution in [3.63, 3.8) is 0 Å². The van der Waals surface area contributed by atoms with Crippen molar-refractivity contribution in [2.45, 2.75) is 6.54 Å². The van der Waals surface area contributed by atoms with Gasteiger partial charge in [0.1, 0.15) is 17.1 Å². The highest BCUT2D eigenvalue weighted by atomic mass is 16.5. The Labute approximate surface area is 175 Å². The van der Waals surface area contributed by atoms with E-state index in [1.54, 1.807) is 7.11 Å². The van der Waals surface area contributed by atoms with Crippen molar-refractivity contribution < 1.29 is 9.47 Å². The maximum Gasteiger partial charge on any atom is 0.158 e. The highest BCUT2D eigenvalue weighted by molar-refractivity contribution is 5.91. The van der Waals surface area contributed by atoms with E-state index in [0.717, 1.165) is 72.3 Å². The van der Waals surface area contributed by atoms with Gasteiger partial charge in [0.2, 0.25) is 0 Å². The van der Waals surface area contributed by atoms with Crippen LogP contribution in [0.15, 0.2) is 60.8 Å². The number of hydrogen-bond donors (Lipinski definition) is 1. The Hall–Kier alpha value is -3.22. The Bertz CT molecular complexity index is 1150. The molecular weight excluding hydrogens is 376 g/mol. The Balaban J connectivity index is 1.47. The number of aromatic amines is 1. The van der Waals surface area contributed by atoms with Crippen molar-refractivity contribution in [2.24, 2.45) is 0 Å². The molecule has 0 radical (unpaired) electrons. The van der Waals surface area contributed by atoms with Crippen LogP contribution in [0, 0.1) is 0 Å². The fraction of sp³-hybridized carbons (Fsp3) is 0.250. The fourth-order valence-corrected chi connectivity index (χ4v) is 3.89. The molecule has 0 saturated carbocycles. The van der Waals surface area contributed by atoms with Crippen LogP contribution in [-0.4, -0.2) is 53.3 Å². The summed E-state index contributed by atoms with van der Waals surface area (Å²) in [6.07, 6.45) is 1.82. The van der Waals surface area contributed by atoms with E-state index in [2.05, 4.69) is 39.1 Å². The van der Waals surface area contributed by atoms with Gasteiger partial charge in [0.05, 0.1) is 20.3 Å². The van der Waals surface area contributed by atoms with E-state index in [1.165, 1.54) is 5.56 Å². The van der Waals surface area contributed by atoms with Gasteiger partial charge in [-0.1, -0.05) is 30.3 Å². The summed E-state index contributed by atoms with van der Waals surface area (Å²) in [5, 5.41) is 0. The number of nitrogens with zero attached hydrogens (tertiary/aromatic N) is 3. The molecule has 4 aromatic rings. The minimum absolute atomic E-state index is 0.789. The van der Waals surface area contributed by atoms with Crippen molar-refractivity contribution in [3.8, 4) is 28.3 Å². The number of nitrogens with one attached hydrogen (secondary N) is 1. The summed E-state index contributed by atoms with van der Waals surface area (Å²) >= 11 is 0. The molecule has 1 aliphatic rings. The first kappa shape index (κ1) is 18.8. The lowest BCUT2D eigenvalue weighted by Gasteiger charge is -2.26. The zero-order valence-corrected chi connectivity index (χ0v) is 17.0. The lowest BCUT2D eigenvalue weighted by atomic mass is 10.1. The molecule has 2 aromatic carbocycles. The average molecular weight is 400 g/mol. The predicted molar refractivity (Wildman–Crippen MR) is 117 cm³/mol. The Morgan fingerprint density at radius 3 is 2.67 bits per heavy atom. The molecule has 152 valence electrons. The Morgan fingerprint density at radius 2 is 1.87 bits per heavy atom. The third kappa shape index (κ3) is 3.79. The molecule has 0 unspecified atom stereocenters. The van der Waals surface area contributed by atoms with Gasteiger partial charge in [0.15, 0.2) is 5.65 Å². The zero-order valence-electron chi connectivity index (χ0n) is 17.0. The second-order valence-corrected chi connectivity index (χ2v) is 7.46. The smallest absolute Gasteiger partial charge is 0.158 e. The third-order valence-corrected chi connectivity index (χ3v) is 5.50. The normalized spacial score (nSPS) is 14.8. The van der Waals surface area contributed by atoms with Crippen molar-refractivity contribution in [2.75, 3.05) is 33.4 Å². The summed E-state index contributed by atoms with van der Waals surface area (Å²) in [4.78, 5) is 15.2. The molecule has 0 atom stereocenters. The Kier molecular flexibility index (Phi) is 5.17. The summed E-state index contributed by atoms with van der Waals surface area (Å²) in [5.41, 5.74) is 6.14. The largest absolute Gasteiger partial charge is 0.497 e. The van der Waals surface area contributed by atoms with Gasteiger partial charge < -0.3 is 14.5 Å². The summed E-state index contributed by atoms with van der Waals surface area (Å²) in [7, 11) is 1.67. The first-order valence-corrected chi connectivity index (χ1v) is 10.2. The minimum atomic E-state index is 0.789. The maximum absolute atomic E-state index is 5.45. The molecule has 1 N–H and O–H groups in total. The van der Waals surface area contributed by atoms with Gasteiger partial charge in [-0.3, -0.25) is 4.90 Å². The van der Waals surface area contributed by atoms with Crippen LogP contribution < -0.4 is 4.74 Å². The second kappa shape index (κ2) is 8.26. The highest BCUT2D eigenvalue weighted by Gasteiger charge is 2.14. The number of benzene rings is 2. The third-order valence-electron chi connectivity index (χ3n) is 5.50. The molecule has 30 heavy (non-hydrogen) atoms. The number of ether oxygens (including phenoxy) is 2. The minimum Gasteiger partial charge on any atom is -0.497 e. The van der Waals surface area contributed by atoms with E-state index < -0.39 is 0 Å². The molecule has 0 aliphatic carbocycles. The number of methoxy groups -OCH3 is 1. The van der Waals surface area contributed by atoms with Crippen molar-refractivity contribution in [1.29, 1.82) is 0 Å². The number of pyridine rings is 1. The number of aromatic nitrogens is 3. The standard InChI is InChI=1S/C24H24N4O2/c1-29-20-7-5-18(6-8-20)21-9-10-25-24-22(21)26-23(27-24)19-4-2-3-17(15-19)16-28-11-13-30-14-12-28/h2-10,15H,11-14,16H2,1H3,(H,25,26,27). The fourth-order valence-electron chi connectivity index (χ4n) is 3.89. The van der Waals surface area contributed by atoms with Gasteiger partial charge in [-0.05, 0) is 35.4 Å². The molecule has 1 saturated heterocycles. The molecule has 0 amide bonds. The van der Waals surface area contributed by atoms with E-state index in [0.29, 0.717) is 0 Å². The van der Waals surface area contributed by atoms with Gasteiger partial charge in [0.25, 0.3) is 0 Å². The molecule has 1 fully saturated rings. The van der Waals surface area contributed by atoms with Gasteiger partial charge >= 0.3 is 0 Å². The van der Waals surface area contributed by atoms with E-state index in [1.807, 2.05) is 36.5 Å². The monoisotopic (exact) mass is 400 g/mol. The number of imidazole rings is 1. The first-order chi connectivity index (χ1) is 14.8. The average Bonchev–Trinajstić information content (AvgIpc) is 3.25. The SMILES string of the molecule is COc1ccc(-c2ccnc3[nH]c(-c4cccc(CN5CCOCC5)c4)nc23)cc1. The molecule has 3 heterocycles. The van der Waals surface area contributed by atoms with Crippen LogP contribution in [0.4, 0.5) is 0 Å². The number of H-pyrrole nitrogens is 1. The van der Waals surface area contributed by atoms with E-state index >= 15 is 0 Å². The van der Waals surface area contributed by atoms with Gasteiger partial charge in [0, 0.05) is 37.0 Å². The van der Waals surface area contributed by atoms with Crippen molar-refractivity contribution in [1.82, 2.24) is 19.9 Å². The van der Waals surface area contributed by atoms with Gasteiger partial charge in [-0.25, -0.2) is 9.97 Å². The number of hydrogen-bond acceptors (Lipinski definition) is 5. The molecule has 6 heteroatoms. The zero-order chi connectivity index (χ0) is 20.3. The quantitative estimate of drug-likeness (QED) is 0.546. The molecule has 0 spiro atoms.